The van der Waals surface area contributed by atoms with Crippen molar-refractivity contribution in [3.63, 3.8) is 0 Å². The molecule has 0 spiro atoms. The lowest BCUT2D eigenvalue weighted by Gasteiger charge is -2.08. The van der Waals surface area contributed by atoms with Gasteiger partial charge in [0.1, 0.15) is 0 Å². The summed E-state index contributed by atoms with van der Waals surface area (Å²) >= 11 is -0.0551. The Morgan fingerprint density at radius 1 is 1.29 bits per heavy atom. The second kappa shape index (κ2) is 4.48. The van der Waals surface area contributed by atoms with E-state index in [1.54, 1.807) is 22.8 Å². The number of rotatable bonds is 3. The van der Waals surface area contributed by atoms with Crippen LogP contribution in [0.4, 0.5) is 19.1 Å². The Balaban J connectivity index is 2.15. The number of benzene rings is 1. The minimum atomic E-state index is -4.20. The van der Waals surface area contributed by atoms with E-state index in [4.69, 9.17) is 5.73 Å². The molecular weight excluding hydrogens is 251 g/mol. The van der Waals surface area contributed by atoms with Crippen molar-refractivity contribution in [1.82, 2.24) is 9.55 Å². The largest absolute Gasteiger partial charge is 0.441 e. The first-order valence-corrected chi connectivity index (χ1v) is 5.87. The molecule has 0 aliphatic carbocycles. The quantitative estimate of drug-likeness (QED) is 0.924. The first kappa shape index (κ1) is 12.1. The van der Waals surface area contributed by atoms with Gasteiger partial charge < -0.3 is 10.3 Å². The van der Waals surface area contributed by atoms with E-state index in [0.29, 0.717) is 5.52 Å². The number of para-hydroxylation sites is 2. The summed E-state index contributed by atoms with van der Waals surface area (Å²) in [5.41, 5.74) is 2.91. The van der Waals surface area contributed by atoms with Crippen LogP contribution in [0.1, 0.15) is 0 Å². The van der Waals surface area contributed by atoms with Crippen LogP contribution < -0.4 is 5.73 Å². The number of aryl methyl sites for hydroxylation is 1. The number of halogens is 3. The van der Waals surface area contributed by atoms with Crippen molar-refractivity contribution in [2.75, 3.05) is 11.5 Å². The van der Waals surface area contributed by atoms with Gasteiger partial charge in [-0.3, -0.25) is 0 Å². The van der Waals surface area contributed by atoms with Crippen LogP contribution in [0.3, 0.4) is 0 Å². The molecule has 0 atom stereocenters. The normalized spacial score (nSPS) is 12.2. The maximum absolute atomic E-state index is 12.0. The number of fused-ring (bicyclic) bond motifs is 1. The Hall–Kier alpha value is -1.37. The molecule has 92 valence electrons. The second-order valence-corrected chi connectivity index (χ2v) is 4.56. The third-order valence-corrected chi connectivity index (χ3v) is 2.98. The monoisotopic (exact) mass is 261 g/mol. The molecule has 1 aromatic carbocycles. The molecule has 0 radical (unpaired) electrons. The van der Waals surface area contributed by atoms with Gasteiger partial charge in [0.05, 0.1) is 11.0 Å². The fourth-order valence-electron chi connectivity index (χ4n) is 1.58. The Labute approximate surface area is 99.8 Å². The highest BCUT2D eigenvalue weighted by Gasteiger charge is 2.27. The van der Waals surface area contributed by atoms with Gasteiger partial charge in [-0.15, -0.1) is 0 Å². The zero-order valence-electron chi connectivity index (χ0n) is 8.74. The van der Waals surface area contributed by atoms with Gasteiger partial charge in [0.15, 0.2) is 0 Å². The zero-order chi connectivity index (χ0) is 12.5. The van der Waals surface area contributed by atoms with Crippen LogP contribution in [-0.2, 0) is 6.54 Å². The summed E-state index contributed by atoms with van der Waals surface area (Å²) in [7, 11) is 0. The second-order valence-electron chi connectivity index (χ2n) is 3.40. The van der Waals surface area contributed by atoms with Crippen molar-refractivity contribution in [3.05, 3.63) is 24.3 Å². The first-order chi connectivity index (χ1) is 7.97. The van der Waals surface area contributed by atoms with E-state index in [1.807, 2.05) is 6.07 Å². The lowest BCUT2D eigenvalue weighted by Crippen LogP contribution is -2.09. The van der Waals surface area contributed by atoms with Crippen molar-refractivity contribution in [2.45, 2.75) is 12.1 Å². The summed E-state index contributed by atoms with van der Waals surface area (Å²) in [6.07, 6.45) is 0. The average Bonchev–Trinajstić information content (AvgIpc) is 2.54. The number of nitrogen functional groups attached to an aromatic ring is 1. The highest BCUT2D eigenvalue weighted by molar-refractivity contribution is 8.00. The lowest BCUT2D eigenvalue weighted by atomic mass is 10.3. The van der Waals surface area contributed by atoms with Crippen molar-refractivity contribution >= 4 is 28.7 Å². The number of anilines is 1. The highest BCUT2D eigenvalue weighted by Crippen LogP contribution is 2.30. The van der Waals surface area contributed by atoms with Crippen LogP contribution in [0.15, 0.2) is 24.3 Å². The summed E-state index contributed by atoms with van der Waals surface area (Å²) in [5.74, 6) is 0.169. The summed E-state index contributed by atoms with van der Waals surface area (Å²) in [6.45, 7) is 0.191. The SMILES string of the molecule is Nc1nc2ccccc2n1CCSC(F)(F)F. The van der Waals surface area contributed by atoms with E-state index < -0.39 is 5.51 Å². The van der Waals surface area contributed by atoms with Gasteiger partial charge in [-0.2, -0.15) is 13.2 Å². The van der Waals surface area contributed by atoms with Crippen molar-refractivity contribution in [3.8, 4) is 0 Å². The van der Waals surface area contributed by atoms with E-state index in [-0.39, 0.29) is 30.0 Å². The Bertz CT molecular complexity index is 521. The van der Waals surface area contributed by atoms with Crippen LogP contribution in [0.2, 0.25) is 0 Å². The molecule has 0 bridgehead atoms. The number of nitrogens with two attached hydrogens (primary N) is 1. The minimum absolute atomic E-state index is 0.0551. The molecule has 1 aromatic heterocycles. The van der Waals surface area contributed by atoms with Crippen molar-refractivity contribution in [2.24, 2.45) is 0 Å². The standard InChI is InChI=1S/C10H10F3N3S/c11-10(12,13)17-6-5-16-8-4-2-1-3-7(8)15-9(16)14/h1-4H,5-6H2,(H2,14,15). The molecule has 0 saturated heterocycles. The molecule has 2 N–H and O–H groups in total. The van der Waals surface area contributed by atoms with Crippen LogP contribution in [0.25, 0.3) is 11.0 Å². The van der Waals surface area contributed by atoms with Gasteiger partial charge in [-0.25, -0.2) is 4.98 Å². The van der Waals surface area contributed by atoms with Crippen LogP contribution in [0, 0.1) is 0 Å². The Morgan fingerprint density at radius 3 is 2.71 bits per heavy atom. The maximum Gasteiger partial charge on any atom is 0.441 e. The summed E-state index contributed by atoms with van der Waals surface area (Å²) in [6, 6.07) is 7.18. The molecule has 0 amide bonds. The zero-order valence-corrected chi connectivity index (χ0v) is 9.55. The average molecular weight is 261 g/mol. The fraction of sp³-hybridized carbons (Fsp3) is 0.300. The maximum atomic E-state index is 12.0. The Kier molecular flexibility index (Phi) is 3.19. The molecule has 0 saturated carbocycles. The van der Waals surface area contributed by atoms with Gasteiger partial charge in [-0.05, 0) is 23.9 Å². The molecule has 0 aliphatic rings. The fourth-order valence-corrected chi connectivity index (χ4v) is 2.09. The molecule has 0 aliphatic heterocycles. The highest BCUT2D eigenvalue weighted by atomic mass is 32.2. The first-order valence-electron chi connectivity index (χ1n) is 4.89. The van der Waals surface area contributed by atoms with E-state index in [2.05, 4.69) is 4.98 Å². The Morgan fingerprint density at radius 2 is 2.00 bits per heavy atom. The molecule has 2 aromatic rings. The number of hydrogen-bond acceptors (Lipinski definition) is 3. The predicted molar refractivity (Wildman–Crippen MR) is 62.7 cm³/mol. The molecule has 0 fully saturated rings. The number of aromatic nitrogens is 2. The van der Waals surface area contributed by atoms with Gasteiger partial charge >= 0.3 is 5.51 Å². The summed E-state index contributed by atoms with van der Waals surface area (Å²) in [5, 5.41) is 0. The third-order valence-electron chi connectivity index (χ3n) is 2.26. The molecule has 17 heavy (non-hydrogen) atoms. The number of imidazole rings is 1. The van der Waals surface area contributed by atoms with Crippen molar-refractivity contribution < 1.29 is 13.2 Å². The van der Waals surface area contributed by atoms with E-state index >= 15 is 0 Å². The smallest absolute Gasteiger partial charge is 0.369 e. The van der Waals surface area contributed by atoms with Gasteiger partial charge in [0, 0.05) is 12.3 Å². The minimum Gasteiger partial charge on any atom is -0.369 e. The number of thioether (sulfide) groups is 1. The number of alkyl halides is 3. The lowest BCUT2D eigenvalue weighted by molar-refractivity contribution is -0.0328. The van der Waals surface area contributed by atoms with Gasteiger partial charge in [0.2, 0.25) is 5.95 Å². The van der Waals surface area contributed by atoms with E-state index in [9.17, 15) is 13.2 Å². The molecule has 0 unspecified atom stereocenters. The molecule has 3 nitrogen and oxygen atoms in total. The van der Waals surface area contributed by atoms with Crippen LogP contribution >= 0.6 is 11.8 Å². The summed E-state index contributed by atoms with van der Waals surface area (Å²) < 4.78 is 37.6. The van der Waals surface area contributed by atoms with Gasteiger partial charge in [-0.1, -0.05) is 12.1 Å². The van der Waals surface area contributed by atoms with Gasteiger partial charge in [0.25, 0.3) is 0 Å². The predicted octanol–water partition coefficient (Wildman–Crippen LogP) is 2.87. The van der Waals surface area contributed by atoms with Crippen molar-refractivity contribution in [1.29, 1.82) is 0 Å². The summed E-state index contributed by atoms with van der Waals surface area (Å²) in [4.78, 5) is 4.08. The molecular formula is C10H10F3N3S. The number of nitrogens with zero attached hydrogens (tertiary/aromatic N) is 2. The van der Waals surface area contributed by atoms with E-state index in [0.717, 1.165) is 5.52 Å². The van der Waals surface area contributed by atoms with Crippen LogP contribution in [-0.4, -0.2) is 20.8 Å². The third kappa shape index (κ3) is 2.85. The number of hydrogen-bond donors (Lipinski definition) is 1. The topological polar surface area (TPSA) is 43.8 Å². The molecule has 2 rings (SSSR count). The molecule has 1 heterocycles. The van der Waals surface area contributed by atoms with Crippen LogP contribution in [0.5, 0.6) is 0 Å². The van der Waals surface area contributed by atoms with E-state index in [1.165, 1.54) is 0 Å². The molecule has 7 heteroatoms.